The van der Waals surface area contributed by atoms with Gasteiger partial charge in [0.05, 0.1) is 17.6 Å². The van der Waals surface area contributed by atoms with E-state index in [9.17, 15) is 13.6 Å². The zero-order valence-corrected chi connectivity index (χ0v) is 17.3. The number of aryl methyl sites for hydroxylation is 1. The van der Waals surface area contributed by atoms with Crippen molar-refractivity contribution in [1.82, 2.24) is 19.3 Å². The van der Waals surface area contributed by atoms with Crippen molar-refractivity contribution in [2.45, 2.75) is 17.7 Å². The molecule has 3 aromatic rings. The monoisotopic (exact) mass is 424 g/mol. The maximum Gasteiger partial charge on any atom is 0.291 e. The highest BCUT2D eigenvalue weighted by molar-refractivity contribution is 7.99. The lowest BCUT2D eigenvalue weighted by Gasteiger charge is -2.14. The Bertz CT molecular complexity index is 1020. The molecule has 0 saturated heterocycles. The molecule has 0 N–H and O–H groups in total. The second-order valence-electron chi connectivity index (χ2n) is 5.98. The fourth-order valence-corrected chi connectivity index (χ4v) is 3.33. The molecule has 0 amide bonds. The second kappa shape index (κ2) is 8.41. The molecule has 0 bridgehead atoms. The van der Waals surface area contributed by atoms with E-state index in [1.807, 2.05) is 6.92 Å². The van der Waals surface area contributed by atoms with Crippen LogP contribution in [0.15, 0.2) is 52.7 Å². The van der Waals surface area contributed by atoms with Crippen molar-refractivity contribution in [1.29, 1.82) is 0 Å². The van der Waals surface area contributed by atoms with Crippen molar-refractivity contribution in [2.75, 3.05) is 12.4 Å². The number of hydrogen-bond acceptors (Lipinski definition) is 5. The summed E-state index contributed by atoms with van der Waals surface area (Å²) in [4.78, 5) is 17.4. The summed E-state index contributed by atoms with van der Waals surface area (Å²) >= 11 is 1.44. The summed E-state index contributed by atoms with van der Waals surface area (Å²) in [6.07, 6.45) is 3.45. The molecular weight excluding hydrogens is 405 g/mol. The lowest BCUT2D eigenvalue weighted by molar-refractivity contribution is 0.0462. The van der Waals surface area contributed by atoms with Crippen LogP contribution in [0, 0.1) is 0 Å². The van der Waals surface area contributed by atoms with E-state index in [0.717, 1.165) is 11.3 Å². The molecule has 6 nitrogen and oxygen atoms in total. The van der Waals surface area contributed by atoms with Gasteiger partial charge in [0.2, 0.25) is 0 Å². The lowest BCUT2D eigenvalue weighted by Crippen LogP contribution is -2.21. The molecule has 1 atom stereocenters. The van der Waals surface area contributed by atoms with Crippen LogP contribution in [0.1, 0.15) is 6.92 Å². The van der Waals surface area contributed by atoms with Gasteiger partial charge in [-0.15, -0.1) is 0 Å². The van der Waals surface area contributed by atoms with Crippen LogP contribution in [0.2, 0.25) is 0 Å². The number of alkyl halides is 2. The SMILES string of the molecule is CCSc1nc(-c2cnn(C)c2)cc(=O)n1-c1ccc(OCC(F)(F)P)cc1. The standard InChI is InChI=1S/C18H19F2N4O2PS/c1-3-28-17-22-15(12-9-21-23(2)10-12)8-16(25)24(17)13-4-6-14(7-5-13)26-11-18(19,20)27/h4-10H,3,11,27H2,1-2H3. The Morgan fingerprint density at radius 2 is 2.00 bits per heavy atom. The first-order chi connectivity index (χ1) is 13.3. The summed E-state index contributed by atoms with van der Waals surface area (Å²) in [6.45, 7) is 1.23. The van der Waals surface area contributed by atoms with Crippen molar-refractivity contribution in [3.63, 3.8) is 0 Å². The predicted molar refractivity (Wildman–Crippen MR) is 109 cm³/mol. The normalized spacial score (nSPS) is 11.6. The average molecular weight is 424 g/mol. The Morgan fingerprint density at radius 3 is 2.57 bits per heavy atom. The number of thioether (sulfide) groups is 1. The number of ether oxygens (including phenoxy) is 1. The van der Waals surface area contributed by atoms with Crippen molar-refractivity contribution >= 4 is 21.0 Å². The van der Waals surface area contributed by atoms with Crippen LogP contribution in [0.5, 0.6) is 5.75 Å². The van der Waals surface area contributed by atoms with E-state index < -0.39 is 12.3 Å². The van der Waals surface area contributed by atoms with Gasteiger partial charge in [0.1, 0.15) is 5.75 Å². The van der Waals surface area contributed by atoms with E-state index in [1.54, 1.807) is 48.4 Å². The molecule has 2 heterocycles. The van der Waals surface area contributed by atoms with Gasteiger partial charge in [-0.1, -0.05) is 27.9 Å². The zero-order chi connectivity index (χ0) is 20.3. The molecule has 3 rings (SSSR count). The zero-order valence-electron chi connectivity index (χ0n) is 15.3. The van der Waals surface area contributed by atoms with Crippen molar-refractivity contribution in [2.24, 2.45) is 7.05 Å². The Morgan fingerprint density at radius 1 is 1.29 bits per heavy atom. The molecule has 0 fully saturated rings. The van der Waals surface area contributed by atoms with Gasteiger partial charge in [0.25, 0.3) is 11.2 Å². The van der Waals surface area contributed by atoms with Crippen LogP contribution < -0.4 is 10.3 Å². The van der Waals surface area contributed by atoms with E-state index in [2.05, 4.69) is 10.1 Å². The van der Waals surface area contributed by atoms with Gasteiger partial charge < -0.3 is 4.74 Å². The third-order valence-corrected chi connectivity index (χ3v) is 4.68. The molecule has 0 saturated carbocycles. The molecule has 1 aromatic carbocycles. The van der Waals surface area contributed by atoms with Crippen molar-refractivity contribution in [3.8, 4) is 22.7 Å². The van der Waals surface area contributed by atoms with E-state index in [4.69, 9.17) is 4.74 Å². The summed E-state index contributed by atoms with van der Waals surface area (Å²) in [5, 5.41) is 4.66. The molecule has 0 aliphatic carbocycles. The van der Waals surface area contributed by atoms with Gasteiger partial charge >= 0.3 is 0 Å². The maximum atomic E-state index is 12.9. The third-order valence-electron chi connectivity index (χ3n) is 3.69. The summed E-state index contributed by atoms with van der Waals surface area (Å²) < 4.78 is 34.0. The Balaban J connectivity index is 1.95. The molecule has 148 valence electrons. The number of aromatic nitrogens is 4. The fourth-order valence-electron chi connectivity index (χ4n) is 2.50. The van der Waals surface area contributed by atoms with E-state index >= 15 is 0 Å². The highest BCUT2D eigenvalue weighted by Crippen LogP contribution is 2.26. The van der Waals surface area contributed by atoms with Crippen LogP contribution in [0.3, 0.4) is 0 Å². The van der Waals surface area contributed by atoms with Gasteiger partial charge in [-0.25, -0.2) is 4.98 Å². The number of rotatable bonds is 7. The van der Waals surface area contributed by atoms with Crippen LogP contribution in [-0.2, 0) is 7.05 Å². The molecule has 0 aliphatic rings. The van der Waals surface area contributed by atoms with Gasteiger partial charge in [-0.05, 0) is 30.0 Å². The van der Waals surface area contributed by atoms with Gasteiger partial charge in [0, 0.05) is 24.9 Å². The maximum absolute atomic E-state index is 12.9. The fraction of sp³-hybridized carbons (Fsp3) is 0.278. The molecule has 28 heavy (non-hydrogen) atoms. The Hall–Kier alpha value is -2.25. The minimum absolute atomic E-state index is 0.241. The lowest BCUT2D eigenvalue weighted by atomic mass is 10.2. The Kier molecular flexibility index (Phi) is 6.15. The number of benzene rings is 1. The molecule has 0 spiro atoms. The summed E-state index contributed by atoms with van der Waals surface area (Å²) in [6, 6.07) is 7.84. The highest BCUT2D eigenvalue weighted by atomic mass is 32.2. The largest absolute Gasteiger partial charge is 0.487 e. The van der Waals surface area contributed by atoms with E-state index in [1.165, 1.54) is 31.6 Å². The summed E-state index contributed by atoms with van der Waals surface area (Å²) in [7, 11) is 3.23. The first-order valence-corrected chi connectivity index (χ1v) is 9.99. The molecule has 10 heteroatoms. The molecule has 0 radical (unpaired) electrons. The predicted octanol–water partition coefficient (Wildman–Crippen LogP) is 3.59. The van der Waals surface area contributed by atoms with Crippen LogP contribution in [0.4, 0.5) is 8.78 Å². The van der Waals surface area contributed by atoms with Crippen LogP contribution in [0.25, 0.3) is 16.9 Å². The minimum Gasteiger partial charge on any atom is -0.487 e. The van der Waals surface area contributed by atoms with Crippen molar-refractivity contribution in [3.05, 3.63) is 53.1 Å². The van der Waals surface area contributed by atoms with Crippen LogP contribution in [-0.4, -0.2) is 37.4 Å². The third kappa shape index (κ3) is 4.97. The highest BCUT2D eigenvalue weighted by Gasteiger charge is 2.22. The second-order valence-corrected chi connectivity index (χ2v) is 8.05. The first-order valence-electron chi connectivity index (χ1n) is 8.42. The molecule has 2 aromatic heterocycles. The smallest absolute Gasteiger partial charge is 0.291 e. The molecule has 0 aliphatic heterocycles. The quantitative estimate of drug-likeness (QED) is 0.330. The van der Waals surface area contributed by atoms with Gasteiger partial charge in [-0.3, -0.25) is 14.0 Å². The summed E-state index contributed by atoms with van der Waals surface area (Å²) in [5.74, 6) is 1.02. The minimum atomic E-state index is -2.99. The van der Waals surface area contributed by atoms with Gasteiger partial charge in [0.15, 0.2) is 11.8 Å². The molecule has 1 unspecified atom stereocenters. The van der Waals surface area contributed by atoms with Gasteiger partial charge in [-0.2, -0.15) is 13.9 Å². The van der Waals surface area contributed by atoms with E-state index in [-0.39, 0.29) is 5.56 Å². The average Bonchev–Trinajstić information content (AvgIpc) is 3.06. The number of nitrogens with zero attached hydrogens (tertiary/aromatic N) is 4. The molecular formula is C18H19F2N4O2PS. The number of halogens is 2. The van der Waals surface area contributed by atoms with Crippen LogP contribution >= 0.6 is 21.0 Å². The Labute approximate surface area is 167 Å². The van der Waals surface area contributed by atoms with E-state index in [0.29, 0.717) is 22.3 Å². The summed E-state index contributed by atoms with van der Waals surface area (Å²) in [5.41, 5.74) is -1.35. The van der Waals surface area contributed by atoms with Crippen molar-refractivity contribution < 1.29 is 13.5 Å². The number of hydrogen-bond donors (Lipinski definition) is 0. The topological polar surface area (TPSA) is 61.9 Å². The first kappa shape index (κ1) is 20.5.